The third-order valence-electron chi connectivity index (χ3n) is 2.79. The molecule has 4 radical (unpaired) electrons. The number of hydrogen-bond acceptors (Lipinski definition) is 1. The third-order valence-corrected chi connectivity index (χ3v) is 2.79. The van der Waals surface area contributed by atoms with Crippen LogP contribution in [0.1, 0.15) is 29.7 Å². The van der Waals surface area contributed by atoms with Gasteiger partial charge in [-0.05, 0) is 24.1 Å². The summed E-state index contributed by atoms with van der Waals surface area (Å²) in [7, 11) is 10.8. The maximum absolute atomic E-state index is 13.0. The van der Waals surface area contributed by atoms with Crippen LogP contribution in [0.4, 0.5) is 4.39 Å². The van der Waals surface area contributed by atoms with Crippen molar-refractivity contribution in [1.82, 2.24) is 5.32 Å². The van der Waals surface area contributed by atoms with E-state index in [4.69, 9.17) is 15.7 Å². The van der Waals surface area contributed by atoms with Gasteiger partial charge in [-0.15, -0.1) is 0 Å². The van der Waals surface area contributed by atoms with Crippen LogP contribution in [0.5, 0.6) is 0 Å². The average Bonchev–Trinajstić information content (AvgIpc) is 2.38. The quantitative estimate of drug-likeness (QED) is 0.621. The molecule has 0 aliphatic rings. The van der Waals surface area contributed by atoms with E-state index in [2.05, 4.69) is 11.9 Å². The molecule has 0 aliphatic carbocycles. The maximum atomic E-state index is 13.0. The standard InChI is InChI=1S/C15H16B2FNO/c1-3-4-10(2)19-14(20)8-11-5-6-12(15(17)18)7-13(11)9-16/h3-7,15H,2,8-9H2,1H3,(H,19,20)/b4-3-. The van der Waals surface area contributed by atoms with Gasteiger partial charge in [0.15, 0.2) is 0 Å². The summed E-state index contributed by atoms with van der Waals surface area (Å²) in [6.07, 6.45) is 2.32. The van der Waals surface area contributed by atoms with Crippen LogP contribution < -0.4 is 5.32 Å². The minimum atomic E-state index is -1.54. The Bertz CT molecular complexity index is 527. The molecule has 0 fully saturated rings. The number of allylic oxidation sites excluding steroid dienone is 2. The molecule has 0 saturated heterocycles. The normalized spacial score (nSPS) is 12.3. The molecular weight excluding hydrogens is 251 g/mol. The molecule has 0 bridgehead atoms. The molecule has 1 rings (SSSR count). The van der Waals surface area contributed by atoms with Gasteiger partial charge in [0.2, 0.25) is 5.91 Å². The Morgan fingerprint density at radius 2 is 2.20 bits per heavy atom. The second-order valence-electron chi connectivity index (χ2n) is 4.38. The number of hydrogen-bond donors (Lipinski definition) is 1. The first-order valence-electron chi connectivity index (χ1n) is 6.30. The molecule has 1 atom stereocenters. The minimum absolute atomic E-state index is 0.158. The fourth-order valence-electron chi connectivity index (χ4n) is 1.82. The molecule has 0 aromatic heterocycles. The molecule has 2 nitrogen and oxygen atoms in total. The number of halogens is 1. The van der Waals surface area contributed by atoms with Crippen LogP contribution in [0.25, 0.3) is 0 Å². The summed E-state index contributed by atoms with van der Waals surface area (Å²) in [5.74, 6) is -0.194. The van der Waals surface area contributed by atoms with Crippen LogP contribution in [-0.2, 0) is 17.5 Å². The lowest BCUT2D eigenvalue weighted by atomic mass is 9.86. The highest BCUT2D eigenvalue weighted by Crippen LogP contribution is 2.19. The number of nitrogens with one attached hydrogen (secondary N) is 1. The molecule has 5 heteroatoms. The molecule has 100 valence electrons. The van der Waals surface area contributed by atoms with Crippen molar-refractivity contribution < 1.29 is 9.18 Å². The van der Waals surface area contributed by atoms with Crippen LogP contribution in [0.2, 0.25) is 0 Å². The summed E-state index contributed by atoms with van der Waals surface area (Å²) in [5.41, 5.74) is 2.34. The lowest BCUT2D eigenvalue weighted by Gasteiger charge is -2.12. The van der Waals surface area contributed by atoms with Crippen molar-refractivity contribution in [1.29, 1.82) is 0 Å². The van der Waals surface area contributed by atoms with Crippen molar-refractivity contribution in [2.75, 3.05) is 0 Å². The number of benzene rings is 1. The molecule has 1 unspecified atom stereocenters. The number of carbonyl (C=O) groups excluding carboxylic acids is 1. The predicted molar refractivity (Wildman–Crippen MR) is 81.3 cm³/mol. The van der Waals surface area contributed by atoms with E-state index in [1.807, 2.05) is 6.92 Å². The Morgan fingerprint density at radius 3 is 2.75 bits per heavy atom. The van der Waals surface area contributed by atoms with Crippen LogP contribution in [0.15, 0.2) is 42.6 Å². The van der Waals surface area contributed by atoms with Crippen LogP contribution >= 0.6 is 0 Å². The highest BCUT2D eigenvalue weighted by Gasteiger charge is 2.10. The van der Waals surface area contributed by atoms with E-state index in [-0.39, 0.29) is 18.6 Å². The van der Waals surface area contributed by atoms with E-state index < -0.39 is 6.07 Å². The lowest BCUT2D eigenvalue weighted by molar-refractivity contribution is -0.119. The van der Waals surface area contributed by atoms with Gasteiger partial charge in [-0.1, -0.05) is 42.7 Å². The zero-order valence-corrected chi connectivity index (χ0v) is 11.5. The molecule has 0 saturated carbocycles. The second-order valence-corrected chi connectivity index (χ2v) is 4.38. The summed E-state index contributed by atoms with van der Waals surface area (Å²) in [4.78, 5) is 11.8. The molecule has 1 aromatic carbocycles. The fraction of sp³-hybridized carbons (Fsp3) is 0.267. The van der Waals surface area contributed by atoms with Crippen molar-refractivity contribution in [3.05, 3.63) is 59.3 Å². The van der Waals surface area contributed by atoms with Crippen LogP contribution in [0, 0.1) is 0 Å². The molecule has 1 aromatic rings. The van der Waals surface area contributed by atoms with Gasteiger partial charge in [-0.25, -0.2) is 0 Å². The predicted octanol–water partition coefficient (Wildman–Crippen LogP) is 2.24. The molecule has 0 spiro atoms. The van der Waals surface area contributed by atoms with Crippen molar-refractivity contribution in [2.24, 2.45) is 0 Å². The van der Waals surface area contributed by atoms with E-state index in [1.165, 1.54) is 0 Å². The van der Waals surface area contributed by atoms with Crippen LogP contribution in [-0.4, -0.2) is 21.6 Å². The van der Waals surface area contributed by atoms with Gasteiger partial charge in [0.05, 0.1) is 20.3 Å². The summed E-state index contributed by atoms with van der Waals surface area (Å²) >= 11 is 0. The van der Waals surface area contributed by atoms with Gasteiger partial charge in [0.25, 0.3) is 0 Å². The van der Waals surface area contributed by atoms with E-state index in [1.54, 1.807) is 30.4 Å². The fourth-order valence-corrected chi connectivity index (χ4v) is 1.82. The Kier molecular flexibility index (Phi) is 6.29. The lowest BCUT2D eigenvalue weighted by Crippen LogP contribution is -2.23. The van der Waals surface area contributed by atoms with Crippen molar-refractivity contribution in [2.45, 2.75) is 25.7 Å². The molecule has 1 N–H and O–H groups in total. The number of amides is 1. The smallest absolute Gasteiger partial charge is 0.228 e. The van der Waals surface area contributed by atoms with E-state index >= 15 is 0 Å². The van der Waals surface area contributed by atoms with Crippen molar-refractivity contribution in [3.8, 4) is 0 Å². The molecule has 0 heterocycles. The zero-order chi connectivity index (χ0) is 15.1. The highest BCUT2D eigenvalue weighted by atomic mass is 19.1. The van der Waals surface area contributed by atoms with E-state index in [9.17, 15) is 9.18 Å². The van der Waals surface area contributed by atoms with Gasteiger partial charge in [-0.2, -0.15) is 0 Å². The highest BCUT2D eigenvalue weighted by molar-refractivity contribution is 6.11. The Labute approximate surface area is 122 Å². The Hall–Kier alpha value is -1.77. The topological polar surface area (TPSA) is 29.1 Å². The summed E-state index contributed by atoms with van der Waals surface area (Å²) in [6, 6.07) is 4.83. The summed E-state index contributed by atoms with van der Waals surface area (Å²) < 4.78 is 13.0. The first kappa shape index (κ1) is 16.3. The number of carbonyl (C=O) groups is 1. The van der Waals surface area contributed by atoms with Gasteiger partial charge < -0.3 is 5.32 Å². The summed E-state index contributed by atoms with van der Waals surface area (Å²) in [5, 5.41) is 2.66. The second kappa shape index (κ2) is 7.73. The maximum Gasteiger partial charge on any atom is 0.228 e. The van der Waals surface area contributed by atoms with Crippen molar-refractivity contribution >= 4 is 21.6 Å². The molecular formula is C15H16B2FNO. The van der Waals surface area contributed by atoms with E-state index in [0.717, 1.165) is 5.56 Å². The van der Waals surface area contributed by atoms with Gasteiger partial charge >= 0.3 is 0 Å². The van der Waals surface area contributed by atoms with Gasteiger partial charge in [0, 0.05) is 5.70 Å². The van der Waals surface area contributed by atoms with E-state index in [0.29, 0.717) is 16.8 Å². The Morgan fingerprint density at radius 1 is 1.50 bits per heavy atom. The Balaban J connectivity index is 2.81. The molecule has 0 aliphatic heterocycles. The average molecular weight is 267 g/mol. The first-order chi connectivity index (χ1) is 9.47. The molecule has 1 amide bonds. The summed E-state index contributed by atoms with van der Waals surface area (Å²) in [6.45, 7) is 5.53. The van der Waals surface area contributed by atoms with Gasteiger partial charge in [-0.3, -0.25) is 9.18 Å². The minimum Gasteiger partial charge on any atom is -0.326 e. The zero-order valence-electron chi connectivity index (χ0n) is 11.5. The van der Waals surface area contributed by atoms with Crippen molar-refractivity contribution in [3.63, 3.8) is 0 Å². The third kappa shape index (κ3) is 4.72. The largest absolute Gasteiger partial charge is 0.326 e. The molecule has 20 heavy (non-hydrogen) atoms. The first-order valence-corrected chi connectivity index (χ1v) is 6.30. The number of alkyl halides is 1. The monoisotopic (exact) mass is 267 g/mol. The number of rotatable bonds is 6. The van der Waals surface area contributed by atoms with Gasteiger partial charge in [0.1, 0.15) is 7.85 Å². The SMILES string of the molecule is [B]Cc1cc(C([B])F)ccc1CC(=O)NC(=C)/C=C\C. The van der Waals surface area contributed by atoms with Crippen LogP contribution in [0.3, 0.4) is 0 Å².